The molecule has 8 heteroatoms. The minimum Gasteiger partial charge on any atom is -0.493 e. The van der Waals surface area contributed by atoms with Crippen molar-refractivity contribution in [3.05, 3.63) is 95.6 Å². The fraction of sp³-hybridized carbons (Fsp3) is 0.387. The Morgan fingerprint density at radius 3 is 2.26 bits per heavy atom. The van der Waals surface area contributed by atoms with E-state index >= 15 is 0 Å². The second-order valence-electron chi connectivity index (χ2n) is 9.74. The van der Waals surface area contributed by atoms with Crippen molar-refractivity contribution in [2.24, 2.45) is 11.8 Å². The van der Waals surface area contributed by atoms with Crippen LogP contribution in [0.4, 0.5) is 18.9 Å². The Kier molecular flexibility index (Phi) is 9.51. The van der Waals surface area contributed by atoms with E-state index in [1.165, 1.54) is 12.1 Å². The van der Waals surface area contributed by atoms with Crippen LogP contribution in [0.2, 0.25) is 0 Å². The third-order valence-corrected chi connectivity index (χ3v) is 7.20. The lowest BCUT2D eigenvalue weighted by atomic mass is 9.68. The average molecular weight is 542 g/mol. The van der Waals surface area contributed by atoms with E-state index in [1.807, 2.05) is 68.6 Å². The van der Waals surface area contributed by atoms with Gasteiger partial charge in [-0.1, -0.05) is 42.5 Å². The van der Waals surface area contributed by atoms with E-state index in [1.54, 1.807) is 0 Å². The lowest BCUT2D eigenvalue weighted by Crippen LogP contribution is -2.42. The minimum atomic E-state index is -4.42. The molecule has 0 spiro atoms. The van der Waals surface area contributed by atoms with Crippen LogP contribution >= 0.6 is 0 Å². The number of ether oxygens (including phenoxy) is 3. The molecule has 3 aromatic rings. The van der Waals surface area contributed by atoms with E-state index < -0.39 is 17.7 Å². The van der Waals surface area contributed by atoms with Crippen molar-refractivity contribution in [3.8, 4) is 5.75 Å². The molecule has 0 amide bonds. The predicted octanol–water partition coefficient (Wildman–Crippen LogP) is 7.08. The molecular formula is C31H34F3NO4. The molecule has 0 radical (unpaired) electrons. The number of hydrogen-bond donors (Lipinski definition) is 1. The van der Waals surface area contributed by atoms with Crippen LogP contribution < -0.4 is 10.1 Å². The molecule has 208 valence electrons. The summed E-state index contributed by atoms with van der Waals surface area (Å²) in [6.45, 7) is 2.77. The number of halogens is 3. The summed E-state index contributed by atoms with van der Waals surface area (Å²) in [4.78, 5) is 13.7. The van der Waals surface area contributed by atoms with Crippen LogP contribution in [0.5, 0.6) is 5.75 Å². The SMILES string of the molecule is CCO[C@H]1C[C@@H](COc2ccc(C(F)(F)F)cc2)[C@H](C(=O)OCc2ccccc2)[C@@H](c2ccc(NC)cc2)C1. The topological polar surface area (TPSA) is 56.8 Å². The Balaban J connectivity index is 1.59. The highest BCUT2D eigenvalue weighted by molar-refractivity contribution is 5.74. The number of carbonyl (C=O) groups excluding carboxylic acids is 1. The van der Waals surface area contributed by atoms with Gasteiger partial charge >= 0.3 is 12.1 Å². The number of nitrogens with one attached hydrogen (secondary N) is 1. The average Bonchev–Trinajstić information content (AvgIpc) is 2.95. The van der Waals surface area contributed by atoms with Crippen molar-refractivity contribution in [1.82, 2.24) is 0 Å². The molecule has 1 saturated carbocycles. The standard InChI is InChI=1S/C31H34F3NO4/c1-3-37-27-17-23(20-38-26-15-11-24(12-16-26)31(32,33)34)29(30(36)39-19-21-7-5-4-6-8-21)28(18-27)22-9-13-25(35-2)14-10-22/h4-16,23,27-29,35H,3,17-20H2,1-2H3/t23-,27-,28+,29-/m0/s1. The number of carbonyl (C=O) groups is 1. The Labute approximate surface area is 227 Å². The lowest BCUT2D eigenvalue weighted by molar-refractivity contribution is -0.157. The first kappa shape index (κ1) is 28.5. The molecule has 0 heterocycles. The first-order chi connectivity index (χ1) is 18.8. The summed E-state index contributed by atoms with van der Waals surface area (Å²) in [7, 11) is 1.85. The van der Waals surface area contributed by atoms with Crippen LogP contribution in [0.3, 0.4) is 0 Å². The smallest absolute Gasteiger partial charge is 0.416 e. The van der Waals surface area contributed by atoms with Crippen LogP contribution in [0.1, 0.15) is 42.4 Å². The Morgan fingerprint density at radius 1 is 0.949 bits per heavy atom. The van der Waals surface area contributed by atoms with E-state index in [2.05, 4.69) is 5.32 Å². The molecule has 4 rings (SSSR count). The first-order valence-electron chi connectivity index (χ1n) is 13.2. The molecule has 5 nitrogen and oxygen atoms in total. The number of alkyl halides is 3. The maximum atomic E-state index is 13.7. The molecule has 3 aromatic carbocycles. The molecule has 0 unspecified atom stereocenters. The van der Waals surface area contributed by atoms with Crippen molar-refractivity contribution in [3.63, 3.8) is 0 Å². The maximum absolute atomic E-state index is 13.7. The maximum Gasteiger partial charge on any atom is 0.416 e. The van der Waals surface area contributed by atoms with Gasteiger partial charge in [0.2, 0.25) is 0 Å². The summed E-state index contributed by atoms with van der Waals surface area (Å²) >= 11 is 0. The van der Waals surface area contributed by atoms with E-state index in [-0.39, 0.29) is 37.1 Å². The van der Waals surface area contributed by atoms with Gasteiger partial charge in [0.15, 0.2) is 0 Å². The highest BCUT2D eigenvalue weighted by Gasteiger charge is 2.44. The van der Waals surface area contributed by atoms with Crippen molar-refractivity contribution in [2.45, 2.75) is 44.6 Å². The highest BCUT2D eigenvalue weighted by Crippen LogP contribution is 2.44. The van der Waals surface area contributed by atoms with Crippen LogP contribution in [-0.4, -0.2) is 32.3 Å². The monoisotopic (exact) mass is 541 g/mol. The number of hydrogen-bond acceptors (Lipinski definition) is 5. The van der Waals surface area contributed by atoms with E-state index in [0.717, 1.165) is 28.9 Å². The van der Waals surface area contributed by atoms with Gasteiger partial charge in [-0.25, -0.2) is 0 Å². The summed E-state index contributed by atoms with van der Waals surface area (Å²) < 4.78 is 56.8. The third kappa shape index (κ3) is 7.53. The van der Waals surface area contributed by atoms with Gasteiger partial charge in [0.1, 0.15) is 12.4 Å². The van der Waals surface area contributed by atoms with Gasteiger partial charge in [-0.05, 0) is 67.3 Å². The Morgan fingerprint density at radius 2 is 1.64 bits per heavy atom. The fourth-order valence-corrected chi connectivity index (χ4v) is 5.25. The summed E-state index contributed by atoms with van der Waals surface area (Å²) in [5.41, 5.74) is 2.11. The van der Waals surface area contributed by atoms with E-state index in [9.17, 15) is 18.0 Å². The zero-order valence-corrected chi connectivity index (χ0v) is 22.1. The molecule has 4 atom stereocenters. The second kappa shape index (κ2) is 13.0. The van der Waals surface area contributed by atoms with Gasteiger partial charge in [-0.3, -0.25) is 4.79 Å². The van der Waals surface area contributed by atoms with Gasteiger partial charge in [-0.2, -0.15) is 13.2 Å². The van der Waals surface area contributed by atoms with Crippen LogP contribution in [-0.2, 0) is 27.1 Å². The molecule has 1 N–H and O–H groups in total. The van der Waals surface area contributed by atoms with Crippen molar-refractivity contribution in [1.29, 1.82) is 0 Å². The fourth-order valence-electron chi connectivity index (χ4n) is 5.25. The van der Waals surface area contributed by atoms with Gasteiger partial charge in [0.05, 0.1) is 24.2 Å². The summed E-state index contributed by atoms with van der Waals surface area (Å²) in [6, 6.07) is 22.1. The van der Waals surface area contributed by atoms with Gasteiger partial charge in [0, 0.05) is 31.2 Å². The highest BCUT2D eigenvalue weighted by atomic mass is 19.4. The molecular weight excluding hydrogens is 507 g/mol. The molecule has 0 bridgehead atoms. The zero-order valence-electron chi connectivity index (χ0n) is 22.1. The number of rotatable bonds is 10. The normalized spacial score (nSPS) is 21.3. The lowest BCUT2D eigenvalue weighted by Gasteiger charge is -2.40. The summed E-state index contributed by atoms with van der Waals surface area (Å²) in [5.74, 6) is -0.966. The number of esters is 1. The second-order valence-corrected chi connectivity index (χ2v) is 9.74. The van der Waals surface area contributed by atoms with Crippen LogP contribution in [0.15, 0.2) is 78.9 Å². The molecule has 0 aliphatic heterocycles. The number of benzene rings is 3. The quantitative estimate of drug-likeness (QED) is 0.278. The predicted molar refractivity (Wildman–Crippen MR) is 144 cm³/mol. The molecule has 1 aliphatic rings. The van der Waals surface area contributed by atoms with Crippen molar-refractivity contribution < 1.29 is 32.2 Å². The van der Waals surface area contributed by atoms with Gasteiger partial charge < -0.3 is 19.5 Å². The molecule has 0 saturated heterocycles. The first-order valence-corrected chi connectivity index (χ1v) is 13.2. The van der Waals surface area contributed by atoms with Gasteiger partial charge in [0.25, 0.3) is 0 Å². The Bertz CT molecular complexity index is 1180. The Hall–Kier alpha value is -3.52. The minimum absolute atomic E-state index is 0.0941. The molecule has 1 aliphatic carbocycles. The summed E-state index contributed by atoms with van der Waals surface area (Å²) in [6.07, 6.45) is -3.29. The van der Waals surface area contributed by atoms with Gasteiger partial charge in [-0.15, -0.1) is 0 Å². The van der Waals surface area contributed by atoms with Crippen molar-refractivity contribution in [2.75, 3.05) is 25.6 Å². The zero-order chi connectivity index (χ0) is 27.8. The van der Waals surface area contributed by atoms with Crippen LogP contribution in [0.25, 0.3) is 0 Å². The third-order valence-electron chi connectivity index (χ3n) is 7.20. The molecule has 39 heavy (non-hydrogen) atoms. The molecule has 0 aromatic heterocycles. The largest absolute Gasteiger partial charge is 0.493 e. The number of anilines is 1. The van der Waals surface area contributed by atoms with E-state index in [0.29, 0.717) is 25.2 Å². The van der Waals surface area contributed by atoms with E-state index in [4.69, 9.17) is 14.2 Å². The summed E-state index contributed by atoms with van der Waals surface area (Å²) in [5, 5.41) is 3.11. The molecule has 1 fully saturated rings. The van der Waals surface area contributed by atoms with Crippen molar-refractivity contribution >= 4 is 11.7 Å². The van der Waals surface area contributed by atoms with Crippen LogP contribution in [0, 0.1) is 11.8 Å².